The predicted octanol–water partition coefficient (Wildman–Crippen LogP) is 3.74. The smallest absolute Gasteiger partial charge is 0.152 e. The molecule has 0 aliphatic heterocycles. The van der Waals surface area contributed by atoms with Gasteiger partial charge in [-0.2, -0.15) is 0 Å². The summed E-state index contributed by atoms with van der Waals surface area (Å²) >= 11 is 6.02. The Morgan fingerprint density at radius 1 is 1.33 bits per heavy atom. The lowest BCUT2D eigenvalue weighted by molar-refractivity contribution is 0.418. The Kier molecular flexibility index (Phi) is 2.72. The molecule has 15 heavy (non-hydrogen) atoms. The Balaban J connectivity index is 2.52. The number of hydrogen-bond acceptors (Lipinski definition) is 2. The van der Waals surface area contributed by atoms with Crippen LogP contribution in [0.1, 0.15) is 25.6 Å². The molecule has 1 aromatic carbocycles. The predicted molar refractivity (Wildman–Crippen MR) is 63.0 cm³/mol. The van der Waals surface area contributed by atoms with Crippen molar-refractivity contribution in [3.05, 3.63) is 35.0 Å². The van der Waals surface area contributed by atoms with Crippen LogP contribution in [0, 0.1) is 5.92 Å². The van der Waals surface area contributed by atoms with Gasteiger partial charge in [0.1, 0.15) is 5.76 Å². The Hall–Kier alpha value is -0.990. The number of benzene rings is 1. The van der Waals surface area contributed by atoms with E-state index in [1.165, 1.54) is 0 Å². The van der Waals surface area contributed by atoms with Crippen molar-refractivity contribution >= 4 is 22.6 Å². The zero-order valence-corrected chi connectivity index (χ0v) is 9.58. The minimum absolute atomic E-state index is 0.0755. The maximum atomic E-state index is 6.02. The first kappa shape index (κ1) is 10.5. The van der Waals surface area contributed by atoms with Crippen molar-refractivity contribution in [1.82, 2.24) is 0 Å². The lowest BCUT2D eigenvalue weighted by atomic mass is 10.0. The number of para-hydroxylation sites is 1. The van der Waals surface area contributed by atoms with Gasteiger partial charge in [-0.1, -0.05) is 37.6 Å². The summed E-state index contributed by atoms with van der Waals surface area (Å²) in [5.74, 6) is 1.15. The Morgan fingerprint density at radius 3 is 2.67 bits per heavy atom. The van der Waals surface area contributed by atoms with Gasteiger partial charge in [-0.15, -0.1) is 0 Å². The monoisotopic (exact) mass is 223 g/mol. The Morgan fingerprint density at radius 2 is 2.07 bits per heavy atom. The van der Waals surface area contributed by atoms with E-state index in [4.69, 9.17) is 21.8 Å². The van der Waals surface area contributed by atoms with Crippen LogP contribution < -0.4 is 5.73 Å². The molecule has 80 valence electrons. The second-order valence-electron chi connectivity index (χ2n) is 4.08. The minimum Gasteiger partial charge on any atom is -0.458 e. The first-order chi connectivity index (χ1) is 7.09. The van der Waals surface area contributed by atoms with Gasteiger partial charge in [0.15, 0.2) is 5.58 Å². The second kappa shape index (κ2) is 3.87. The van der Waals surface area contributed by atoms with Gasteiger partial charge < -0.3 is 10.2 Å². The maximum absolute atomic E-state index is 6.02. The highest BCUT2D eigenvalue weighted by molar-refractivity contribution is 6.34. The van der Waals surface area contributed by atoms with Crippen LogP contribution in [0.2, 0.25) is 5.02 Å². The largest absolute Gasteiger partial charge is 0.458 e. The molecule has 0 saturated carbocycles. The van der Waals surface area contributed by atoms with E-state index >= 15 is 0 Å². The number of fused-ring (bicyclic) bond motifs is 1. The summed E-state index contributed by atoms with van der Waals surface area (Å²) < 4.78 is 5.66. The maximum Gasteiger partial charge on any atom is 0.152 e. The molecular weight excluding hydrogens is 210 g/mol. The van der Waals surface area contributed by atoms with Crippen LogP contribution >= 0.6 is 11.6 Å². The molecule has 0 bridgehead atoms. The fraction of sp³-hybridized carbons (Fsp3) is 0.333. The number of furan rings is 1. The molecule has 1 heterocycles. The molecule has 2 N–H and O–H groups in total. The molecule has 0 saturated heterocycles. The van der Waals surface area contributed by atoms with E-state index in [9.17, 15) is 0 Å². The third kappa shape index (κ3) is 1.87. The van der Waals surface area contributed by atoms with E-state index in [1.54, 1.807) is 0 Å². The normalized spacial score (nSPS) is 13.7. The Bertz CT molecular complexity index is 475. The van der Waals surface area contributed by atoms with Gasteiger partial charge in [0, 0.05) is 5.39 Å². The van der Waals surface area contributed by atoms with E-state index < -0.39 is 0 Å². The van der Waals surface area contributed by atoms with Crippen molar-refractivity contribution in [3.8, 4) is 0 Å². The van der Waals surface area contributed by atoms with Gasteiger partial charge in [0.25, 0.3) is 0 Å². The highest BCUT2D eigenvalue weighted by Gasteiger charge is 2.16. The summed E-state index contributed by atoms with van der Waals surface area (Å²) in [5.41, 5.74) is 6.74. The van der Waals surface area contributed by atoms with E-state index in [1.807, 2.05) is 24.3 Å². The van der Waals surface area contributed by atoms with Gasteiger partial charge in [-0.25, -0.2) is 0 Å². The van der Waals surface area contributed by atoms with Gasteiger partial charge in [-0.3, -0.25) is 0 Å². The SMILES string of the molecule is CC(C)[C@@H](N)c1cc2cccc(Cl)c2o1. The van der Waals surface area contributed by atoms with Crippen LogP contribution in [0.3, 0.4) is 0 Å². The third-order valence-electron chi connectivity index (χ3n) is 2.56. The number of halogens is 1. The summed E-state index contributed by atoms with van der Waals surface area (Å²) in [7, 11) is 0. The Labute approximate surface area is 94.0 Å². The lowest BCUT2D eigenvalue weighted by Crippen LogP contribution is -2.15. The van der Waals surface area contributed by atoms with Gasteiger partial charge in [0.2, 0.25) is 0 Å². The molecule has 0 spiro atoms. The summed E-state index contributed by atoms with van der Waals surface area (Å²) in [4.78, 5) is 0. The second-order valence-corrected chi connectivity index (χ2v) is 4.48. The van der Waals surface area contributed by atoms with E-state index in [2.05, 4.69) is 13.8 Å². The average Bonchev–Trinajstić information content (AvgIpc) is 2.61. The van der Waals surface area contributed by atoms with Crippen molar-refractivity contribution in [2.45, 2.75) is 19.9 Å². The molecule has 0 fully saturated rings. The van der Waals surface area contributed by atoms with Crippen LogP contribution in [0.4, 0.5) is 0 Å². The fourth-order valence-electron chi connectivity index (χ4n) is 1.54. The number of hydrogen-bond donors (Lipinski definition) is 1. The number of rotatable bonds is 2. The highest BCUT2D eigenvalue weighted by Crippen LogP contribution is 2.30. The summed E-state index contributed by atoms with van der Waals surface area (Å²) in [6.45, 7) is 4.14. The standard InChI is InChI=1S/C12H14ClNO/c1-7(2)11(14)10-6-8-4-3-5-9(13)12(8)15-10/h3-7,11H,14H2,1-2H3/t11-/m1/s1. The minimum atomic E-state index is -0.0755. The summed E-state index contributed by atoms with van der Waals surface area (Å²) in [6.07, 6.45) is 0. The molecular formula is C12H14ClNO. The molecule has 0 radical (unpaired) electrons. The molecule has 2 nitrogen and oxygen atoms in total. The molecule has 0 aliphatic carbocycles. The lowest BCUT2D eigenvalue weighted by Gasteiger charge is -2.11. The number of nitrogens with two attached hydrogens (primary N) is 1. The first-order valence-electron chi connectivity index (χ1n) is 5.03. The third-order valence-corrected chi connectivity index (χ3v) is 2.86. The van der Waals surface area contributed by atoms with E-state index in [-0.39, 0.29) is 6.04 Å². The van der Waals surface area contributed by atoms with Crippen LogP contribution in [0.5, 0.6) is 0 Å². The molecule has 2 aromatic rings. The van der Waals surface area contributed by atoms with Crippen LogP contribution in [-0.2, 0) is 0 Å². The van der Waals surface area contributed by atoms with Crippen molar-refractivity contribution in [1.29, 1.82) is 0 Å². The van der Waals surface area contributed by atoms with Gasteiger partial charge in [-0.05, 0) is 18.1 Å². The van der Waals surface area contributed by atoms with E-state index in [0.717, 1.165) is 16.7 Å². The van der Waals surface area contributed by atoms with Crippen molar-refractivity contribution in [3.63, 3.8) is 0 Å². The van der Waals surface area contributed by atoms with Crippen LogP contribution in [-0.4, -0.2) is 0 Å². The molecule has 0 unspecified atom stereocenters. The zero-order chi connectivity index (χ0) is 11.0. The van der Waals surface area contributed by atoms with Crippen LogP contribution in [0.15, 0.2) is 28.7 Å². The average molecular weight is 224 g/mol. The molecule has 0 aliphatic rings. The van der Waals surface area contributed by atoms with Gasteiger partial charge >= 0.3 is 0 Å². The van der Waals surface area contributed by atoms with E-state index in [0.29, 0.717) is 10.9 Å². The zero-order valence-electron chi connectivity index (χ0n) is 8.83. The molecule has 1 atom stereocenters. The van der Waals surface area contributed by atoms with Crippen molar-refractivity contribution in [2.75, 3.05) is 0 Å². The summed E-state index contributed by atoms with van der Waals surface area (Å²) in [6, 6.07) is 7.59. The van der Waals surface area contributed by atoms with Gasteiger partial charge in [0.05, 0.1) is 11.1 Å². The molecule has 1 aromatic heterocycles. The summed E-state index contributed by atoms with van der Waals surface area (Å²) in [5, 5.41) is 1.64. The van der Waals surface area contributed by atoms with Crippen molar-refractivity contribution < 1.29 is 4.42 Å². The van der Waals surface area contributed by atoms with Crippen LogP contribution in [0.25, 0.3) is 11.0 Å². The van der Waals surface area contributed by atoms with Crippen molar-refractivity contribution in [2.24, 2.45) is 11.7 Å². The molecule has 2 rings (SSSR count). The fourth-order valence-corrected chi connectivity index (χ4v) is 1.76. The highest BCUT2D eigenvalue weighted by atomic mass is 35.5. The quantitative estimate of drug-likeness (QED) is 0.843. The first-order valence-corrected chi connectivity index (χ1v) is 5.41. The molecule has 0 amide bonds. The topological polar surface area (TPSA) is 39.2 Å². The molecule has 3 heteroatoms.